The highest BCUT2D eigenvalue weighted by atomic mass is 16.5. The van der Waals surface area contributed by atoms with Crippen LogP contribution in [-0.2, 0) is 4.79 Å². The van der Waals surface area contributed by atoms with E-state index in [4.69, 9.17) is 9.47 Å². The van der Waals surface area contributed by atoms with Crippen LogP contribution in [0, 0.1) is 13.8 Å². The summed E-state index contributed by atoms with van der Waals surface area (Å²) in [5.41, 5.74) is 5.00. The number of nitrogens with zero attached hydrogens (tertiary/aromatic N) is 2. The molecule has 6 heteroatoms. The highest BCUT2D eigenvalue weighted by molar-refractivity contribution is 5.92. The summed E-state index contributed by atoms with van der Waals surface area (Å²) in [6.07, 6.45) is 5.07. The topological polar surface area (TPSA) is 65.4 Å². The second-order valence-electron chi connectivity index (χ2n) is 7.06. The zero-order chi connectivity index (χ0) is 21.7. The van der Waals surface area contributed by atoms with Crippen LogP contribution in [0.25, 0.3) is 11.8 Å². The Morgan fingerprint density at radius 2 is 1.83 bits per heavy atom. The van der Waals surface area contributed by atoms with E-state index in [1.807, 2.05) is 61.1 Å². The van der Waals surface area contributed by atoms with Crippen LogP contribution >= 0.6 is 0 Å². The number of benzene rings is 2. The fourth-order valence-electron chi connectivity index (χ4n) is 3.36. The number of hydrogen-bond acceptors (Lipinski definition) is 4. The molecule has 3 rings (SSSR count). The average molecular weight is 405 g/mol. The van der Waals surface area contributed by atoms with Crippen molar-refractivity contribution in [3.05, 3.63) is 77.1 Å². The van der Waals surface area contributed by atoms with Gasteiger partial charge in [-0.15, -0.1) is 0 Å². The molecule has 0 aliphatic rings. The smallest absolute Gasteiger partial charge is 0.244 e. The second-order valence-corrected chi connectivity index (χ2v) is 7.06. The number of aryl methyl sites for hydroxylation is 1. The number of methoxy groups -OCH3 is 2. The standard InChI is InChI=1S/C24H27N3O3/c1-16-8-6-7-9-21(16)27-18(3)20(15-25-27)17(2)26-24(28)13-11-19-10-12-22(29-4)23(14-19)30-5/h6-15,17H,1-5H3,(H,26,28)/b13-11+/t17-/m0/s1. The molecule has 0 unspecified atom stereocenters. The van der Waals surface area contributed by atoms with Crippen molar-refractivity contribution in [1.82, 2.24) is 15.1 Å². The third-order valence-corrected chi connectivity index (χ3v) is 5.05. The second kappa shape index (κ2) is 9.31. The van der Waals surface area contributed by atoms with Crippen molar-refractivity contribution >= 4 is 12.0 Å². The molecule has 0 saturated carbocycles. The molecule has 1 atom stereocenters. The molecular weight excluding hydrogens is 378 g/mol. The van der Waals surface area contributed by atoms with E-state index in [1.165, 1.54) is 6.08 Å². The molecule has 2 aromatic carbocycles. The van der Waals surface area contributed by atoms with Gasteiger partial charge in [-0.2, -0.15) is 5.10 Å². The largest absolute Gasteiger partial charge is 0.493 e. The molecule has 30 heavy (non-hydrogen) atoms. The number of carbonyl (C=O) groups is 1. The minimum absolute atomic E-state index is 0.176. The van der Waals surface area contributed by atoms with Crippen molar-refractivity contribution in [2.75, 3.05) is 14.2 Å². The Morgan fingerprint density at radius 3 is 2.53 bits per heavy atom. The summed E-state index contributed by atoms with van der Waals surface area (Å²) in [7, 11) is 3.17. The van der Waals surface area contributed by atoms with Crippen molar-refractivity contribution in [2.24, 2.45) is 0 Å². The number of hydrogen-bond donors (Lipinski definition) is 1. The van der Waals surface area contributed by atoms with Crippen molar-refractivity contribution in [2.45, 2.75) is 26.8 Å². The van der Waals surface area contributed by atoms with Crippen LogP contribution in [0.4, 0.5) is 0 Å². The Morgan fingerprint density at radius 1 is 1.10 bits per heavy atom. The van der Waals surface area contributed by atoms with Gasteiger partial charge in [-0.05, 0) is 56.2 Å². The van der Waals surface area contributed by atoms with Crippen molar-refractivity contribution < 1.29 is 14.3 Å². The first-order chi connectivity index (χ1) is 14.4. The normalized spacial score (nSPS) is 12.0. The molecule has 0 bridgehead atoms. The molecule has 1 N–H and O–H groups in total. The van der Waals surface area contributed by atoms with Crippen molar-refractivity contribution in [3.63, 3.8) is 0 Å². The first kappa shape index (κ1) is 21.2. The third-order valence-electron chi connectivity index (χ3n) is 5.05. The van der Waals surface area contributed by atoms with Crippen LogP contribution in [0.3, 0.4) is 0 Å². The van der Waals surface area contributed by atoms with Gasteiger partial charge in [0.25, 0.3) is 0 Å². The SMILES string of the molecule is COc1ccc(/C=C/C(=O)N[C@@H](C)c2cnn(-c3ccccc3C)c2C)cc1OC. The maximum atomic E-state index is 12.4. The quantitative estimate of drug-likeness (QED) is 0.592. The van der Waals surface area contributed by atoms with Crippen molar-refractivity contribution in [1.29, 1.82) is 0 Å². The van der Waals surface area contributed by atoms with Gasteiger partial charge in [0.05, 0.1) is 32.1 Å². The zero-order valence-corrected chi connectivity index (χ0v) is 18.0. The first-order valence-corrected chi connectivity index (χ1v) is 9.75. The minimum atomic E-state index is -0.180. The summed E-state index contributed by atoms with van der Waals surface area (Å²) in [5, 5.41) is 7.53. The number of carbonyl (C=O) groups excluding carboxylic acids is 1. The fraction of sp³-hybridized carbons (Fsp3) is 0.250. The molecule has 156 valence electrons. The lowest BCUT2D eigenvalue weighted by Gasteiger charge is -2.13. The van der Waals surface area contributed by atoms with Crippen LogP contribution in [0.1, 0.15) is 35.3 Å². The van der Waals surface area contributed by atoms with Gasteiger partial charge in [0.1, 0.15) is 0 Å². The van der Waals surface area contributed by atoms with E-state index in [9.17, 15) is 4.79 Å². The van der Waals surface area contributed by atoms with E-state index in [2.05, 4.69) is 23.4 Å². The van der Waals surface area contributed by atoms with Gasteiger partial charge in [0, 0.05) is 17.3 Å². The number of amides is 1. The number of ether oxygens (including phenoxy) is 2. The molecule has 6 nitrogen and oxygen atoms in total. The molecule has 0 spiro atoms. The lowest BCUT2D eigenvalue weighted by molar-refractivity contribution is -0.117. The zero-order valence-electron chi connectivity index (χ0n) is 18.0. The monoisotopic (exact) mass is 405 g/mol. The molecule has 0 aliphatic heterocycles. The summed E-state index contributed by atoms with van der Waals surface area (Å²) in [5.74, 6) is 1.09. The molecular formula is C24H27N3O3. The summed E-state index contributed by atoms with van der Waals surface area (Å²) in [4.78, 5) is 12.4. The predicted molar refractivity (Wildman–Crippen MR) is 118 cm³/mol. The van der Waals surface area contributed by atoms with Gasteiger partial charge in [-0.25, -0.2) is 4.68 Å². The lowest BCUT2D eigenvalue weighted by atomic mass is 10.1. The number of rotatable bonds is 7. The molecule has 1 heterocycles. The van der Waals surface area contributed by atoms with Crippen LogP contribution < -0.4 is 14.8 Å². The number of nitrogens with one attached hydrogen (secondary N) is 1. The van der Waals surface area contributed by atoms with Crippen LogP contribution in [-0.4, -0.2) is 29.9 Å². The van der Waals surface area contributed by atoms with Crippen molar-refractivity contribution in [3.8, 4) is 17.2 Å². The van der Waals surface area contributed by atoms with E-state index in [-0.39, 0.29) is 11.9 Å². The number of aromatic nitrogens is 2. The van der Waals surface area contributed by atoms with Gasteiger partial charge in [-0.3, -0.25) is 4.79 Å². The van der Waals surface area contributed by atoms with E-state index in [0.29, 0.717) is 11.5 Å². The fourth-order valence-corrected chi connectivity index (χ4v) is 3.36. The maximum Gasteiger partial charge on any atom is 0.244 e. The predicted octanol–water partition coefficient (Wildman–Crippen LogP) is 4.40. The Hall–Kier alpha value is -3.54. The maximum absolute atomic E-state index is 12.4. The minimum Gasteiger partial charge on any atom is -0.493 e. The van der Waals surface area contributed by atoms with Gasteiger partial charge in [-0.1, -0.05) is 24.3 Å². The van der Waals surface area contributed by atoms with E-state index >= 15 is 0 Å². The molecule has 1 aromatic heterocycles. The molecule has 1 amide bonds. The molecule has 0 saturated heterocycles. The Balaban J connectivity index is 1.71. The Kier molecular flexibility index (Phi) is 6.57. The molecule has 0 aliphatic carbocycles. The summed E-state index contributed by atoms with van der Waals surface area (Å²) in [6, 6.07) is 13.4. The Labute approximate surface area is 177 Å². The van der Waals surface area contributed by atoms with E-state index in [1.54, 1.807) is 20.3 Å². The van der Waals surface area contributed by atoms with Gasteiger partial charge >= 0.3 is 0 Å². The average Bonchev–Trinajstić information content (AvgIpc) is 3.13. The lowest BCUT2D eigenvalue weighted by Crippen LogP contribution is -2.25. The van der Waals surface area contributed by atoms with Crippen LogP contribution in [0.2, 0.25) is 0 Å². The summed E-state index contributed by atoms with van der Waals surface area (Å²) < 4.78 is 12.4. The summed E-state index contributed by atoms with van der Waals surface area (Å²) in [6.45, 7) is 6.02. The highest BCUT2D eigenvalue weighted by Crippen LogP contribution is 2.28. The summed E-state index contributed by atoms with van der Waals surface area (Å²) >= 11 is 0. The third kappa shape index (κ3) is 4.54. The Bertz CT molecular complexity index is 1070. The highest BCUT2D eigenvalue weighted by Gasteiger charge is 2.16. The van der Waals surface area contributed by atoms with E-state index < -0.39 is 0 Å². The van der Waals surface area contributed by atoms with Crippen LogP contribution in [0.15, 0.2) is 54.7 Å². The number of para-hydroxylation sites is 1. The molecule has 3 aromatic rings. The first-order valence-electron chi connectivity index (χ1n) is 9.75. The van der Waals surface area contributed by atoms with Gasteiger partial charge in [0.2, 0.25) is 5.91 Å². The van der Waals surface area contributed by atoms with Crippen LogP contribution in [0.5, 0.6) is 11.5 Å². The van der Waals surface area contributed by atoms with E-state index in [0.717, 1.165) is 28.1 Å². The van der Waals surface area contributed by atoms with Gasteiger partial charge in [0.15, 0.2) is 11.5 Å². The van der Waals surface area contributed by atoms with Gasteiger partial charge < -0.3 is 14.8 Å². The molecule has 0 radical (unpaired) electrons. The molecule has 0 fully saturated rings.